The molecule has 1 aromatic rings. The third kappa shape index (κ3) is 2.03. The molecule has 2 unspecified atom stereocenters. The quantitative estimate of drug-likeness (QED) is 0.733. The van der Waals surface area contributed by atoms with Crippen molar-refractivity contribution >= 4 is 11.6 Å². The summed E-state index contributed by atoms with van der Waals surface area (Å²) < 4.78 is 0. The van der Waals surface area contributed by atoms with Gasteiger partial charge in [-0.05, 0) is 36.1 Å². The number of nitrogens with zero attached hydrogens (tertiary/aromatic N) is 1. The van der Waals surface area contributed by atoms with E-state index in [0.29, 0.717) is 17.5 Å². The zero-order valence-corrected chi connectivity index (χ0v) is 9.81. The van der Waals surface area contributed by atoms with Crippen molar-refractivity contribution in [1.29, 1.82) is 0 Å². The van der Waals surface area contributed by atoms with E-state index in [1.807, 2.05) is 4.90 Å². The van der Waals surface area contributed by atoms with Crippen molar-refractivity contribution in [3.05, 3.63) is 29.8 Å². The summed E-state index contributed by atoms with van der Waals surface area (Å²) in [6.45, 7) is 6.12. The van der Waals surface area contributed by atoms with Gasteiger partial charge in [0.05, 0.1) is 0 Å². The molecule has 0 bridgehead atoms. The number of likely N-dealkylation sites (tertiary alicyclic amines) is 1. The van der Waals surface area contributed by atoms with Crippen LogP contribution in [0.1, 0.15) is 24.2 Å². The van der Waals surface area contributed by atoms with Crippen LogP contribution < -0.4 is 5.73 Å². The van der Waals surface area contributed by atoms with Crippen LogP contribution in [0.25, 0.3) is 0 Å². The van der Waals surface area contributed by atoms with Crippen molar-refractivity contribution in [3.8, 4) is 0 Å². The van der Waals surface area contributed by atoms with Crippen molar-refractivity contribution in [1.82, 2.24) is 4.90 Å². The van der Waals surface area contributed by atoms with E-state index in [9.17, 15) is 4.79 Å². The molecule has 0 spiro atoms. The van der Waals surface area contributed by atoms with Gasteiger partial charge in [0.1, 0.15) is 0 Å². The van der Waals surface area contributed by atoms with Gasteiger partial charge in [-0.2, -0.15) is 0 Å². The number of hydrogen-bond acceptors (Lipinski definition) is 2. The molecule has 16 heavy (non-hydrogen) atoms. The fraction of sp³-hybridized carbons (Fsp3) is 0.462. The maximum atomic E-state index is 12.1. The first kappa shape index (κ1) is 11.0. The fourth-order valence-corrected chi connectivity index (χ4v) is 2.10. The third-order valence-corrected chi connectivity index (χ3v) is 3.43. The van der Waals surface area contributed by atoms with Crippen LogP contribution in [0, 0.1) is 11.8 Å². The number of nitrogen functional groups attached to an aromatic ring is 1. The molecule has 1 aliphatic rings. The second kappa shape index (κ2) is 4.16. The molecule has 1 heterocycles. The first-order valence-electron chi connectivity index (χ1n) is 5.72. The number of carbonyl (C=O) groups excluding carboxylic acids is 1. The number of rotatable bonds is 1. The lowest BCUT2D eigenvalue weighted by Gasteiger charge is -2.16. The van der Waals surface area contributed by atoms with Crippen molar-refractivity contribution in [2.45, 2.75) is 13.8 Å². The van der Waals surface area contributed by atoms with E-state index in [2.05, 4.69) is 13.8 Å². The van der Waals surface area contributed by atoms with Gasteiger partial charge in [0.15, 0.2) is 0 Å². The normalized spacial score (nSPS) is 24.8. The van der Waals surface area contributed by atoms with Crippen LogP contribution in [-0.2, 0) is 0 Å². The van der Waals surface area contributed by atoms with Gasteiger partial charge in [-0.1, -0.05) is 13.8 Å². The highest BCUT2D eigenvalue weighted by molar-refractivity contribution is 5.94. The molecule has 2 rings (SSSR count). The smallest absolute Gasteiger partial charge is 0.253 e. The van der Waals surface area contributed by atoms with Crippen LogP contribution in [0.15, 0.2) is 24.3 Å². The van der Waals surface area contributed by atoms with E-state index in [4.69, 9.17) is 5.73 Å². The number of hydrogen-bond donors (Lipinski definition) is 1. The predicted octanol–water partition coefficient (Wildman–Crippen LogP) is 2.00. The highest BCUT2D eigenvalue weighted by atomic mass is 16.2. The fourth-order valence-electron chi connectivity index (χ4n) is 2.10. The van der Waals surface area contributed by atoms with Crippen LogP contribution in [-0.4, -0.2) is 23.9 Å². The zero-order chi connectivity index (χ0) is 11.7. The Balaban J connectivity index is 2.11. The standard InChI is InChI=1S/C13H18N2O/c1-9-7-15(8-10(9)2)13(16)11-3-5-12(14)6-4-11/h3-6,9-10H,7-8,14H2,1-2H3. The Morgan fingerprint density at radius 1 is 1.19 bits per heavy atom. The molecule has 86 valence electrons. The summed E-state index contributed by atoms with van der Waals surface area (Å²) in [5.41, 5.74) is 7.03. The van der Waals surface area contributed by atoms with E-state index in [1.54, 1.807) is 24.3 Å². The van der Waals surface area contributed by atoms with Crippen LogP contribution in [0.2, 0.25) is 0 Å². The number of anilines is 1. The maximum absolute atomic E-state index is 12.1. The maximum Gasteiger partial charge on any atom is 0.253 e. The zero-order valence-electron chi connectivity index (χ0n) is 9.81. The molecule has 1 aliphatic heterocycles. The summed E-state index contributed by atoms with van der Waals surface area (Å²) in [4.78, 5) is 14.1. The van der Waals surface area contributed by atoms with E-state index in [0.717, 1.165) is 18.7 Å². The highest BCUT2D eigenvalue weighted by Crippen LogP contribution is 2.23. The molecule has 3 nitrogen and oxygen atoms in total. The largest absolute Gasteiger partial charge is 0.399 e. The summed E-state index contributed by atoms with van der Waals surface area (Å²) in [5.74, 6) is 1.31. The van der Waals surface area contributed by atoms with Crippen molar-refractivity contribution in [2.24, 2.45) is 11.8 Å². The minimum atomic E-state index is 0.121. The number of nitrogens with two attached hydrogens (primary N) is 1. The molecular weight excluding hydrogens is 200 g/mol. The monoisotopic (exact) mass is 218 g/mol. The third-order valence-electron chi connectivity index (χ3n) is 3.43. The van der Waals surface area contributed by atoms with E-state index in [-0.39, 0.29) is 5.91 Å². The van der Waals surface area contributed by atoms with E-state index < -0.39 is 0 Å². The molecule has 0 radical (unpaired) electrons. The van der Waals surface area contributed by atoms with E-state index >= 15 is 0 Å². The van der Waals surface area contributed by atoms with Gasteiger partial charge in [-0.15, -0.1) is 0 Å². The molecule has 0 aliphatic carbocycles. The summed E-state index contributed by atoms with van der Waals surface area (Å²) in [6.07, 6.45) is 0. The van der Waals surface area contributed by atoms with Gasteiger partial charge in [0.2, 0.25) is 0 Å². The number of carbonyl (C=O) groups is 1. The minimum absolute atomic E-state index is 0.121. The van der Waals surface area contributed by atoms with Crippen LogP contribution >= 0.6 is 0 Å². The summed E-state index contributed by atoms with van der Waals surface area (Å²) >= 11 is 0. The van der Waals surface area contributed by atoms with Crippen LogP contribution in [0.3, 0.4) is 0 Å². The predicted molar refractivity (Wildman–Crippen MR) is 65.1 cm³/mol. The Morgan fingerprint density at radius 3 is 2.19 bits per heavy atom. The first-order chi connectivity index (χ1) is 7.58. The molecule has 1 saturated heterocycles. The van der Waals surface area contributed by atoms with Gasteiger partial charge in [-0.25, -0.2) is 0 Å². The Bertz CT molecular complexity index is 375. The lowest BCUT2D eigenvalue weighted by Crippen LogP contribution is -2.28. The molecule has 1 amide bonds. The van der Waals surface area contributed by atoms with Gasteiger partial charge < -0.3 is 10.6 Å². The Kier molecular flexibility index (Phi) is 2.86. The Labute approximate surface area is 96.2 Å². The van der Waals surface area contributed by atoms with Crippen molar-refractivity contribution < 1.29 is 4.79 Å². The van der Waals surface area contributed by atoms with Gasteiger partial charge in [-0.3, -0.25) is 4.79 Å². The van der Waals surface area contributed by atoms with Crippen LogP contribution in [0.4, 0.5) is 5.69 Å². The molecule has 0 aromatic heterocycles. The molecule has 2 atom stereocenters. The average molecular weight is 218 g/mol. The average Bonchev–Trinajstić information content (AvgIpc) is 2.59. The van der Waals surface area contributed by atoms with Crippen molar-refractivity contribution in [2.75, 3.05) is 18.8 Å². The van der Waals surface area contributed by atoms with Crippen molar-refractivity contribution in [3.63, 3.8) is 0 Å². The number of benzene rings is 1. The van der Waals surface area contributed by atoms with E-state index in [1.165, 1.54) is 0 Å². The minimum Gasteiger partial charge on any atom is -0.399 e. The number of amides is 1. The summed E-state index contributed by atoms with van der Waals surface area (Å²) in [7, 11) is 0. The topological polar surface area (TPSA) is 46.3 Å². The molecule has 1 fully saturated rings. The summed E-state index contributed by atoms with van der Waals surface area (Å²) in [5, 5.41) is 0. The summed E-state index contributed by atoms with van der Waals surface area (Å²) in [6, 6.07) is 7.14. The molecule has 1 aromatic carbocycles. The molecular formula is C13H18N2O. The van der Waals surface area contributed by atoms with Gasteiger partial charge in [0.25, 0.3) is 5.91 Å². The molecule has 3 heteroatoms. The Hall–Kier alpha value is -1.51. The van der Waals surface area contributed by atoms with Gasteiger partial charge >= 0.3 is 0 Å². The first-order valence-corrected chi connectivity index (χ1v) is 5.72. The second-order valence-corrected chi connectivity index (χ2v) is 4.79. The molecule has 2 N–H and O–H groups in total. The Morgan fingerprint density at radius 2 is 1.69 bits per heavy atom. The lowest BCUT2D eigenvalue weighted by molar-refractivity contribution is 0.0785. The molecule has 0 saturated carbocycles. The highest BCUT2D eigenvalue weighted by Gasteiger charge is 2.29. The lowest BCUT2D eigenvalue weighted by atomic mass is 10.0. The van der Waals surface area contributed by atoms with Crippen LogP contribution in [0.5, 0.6) is 0 Å². The SMILES string of the molecule is CC1CN(C(=O)c2ccc(N)cc2)CC1C. The second-order valence-electron chi connectivity index (χ2n) is 4.79. The van der Waals surface area contributed by atoms with Gasteiger partial charge in [0, 0.05) is 24.3 Å².